The molecule has 23 heavy (non-hydrogen) atoms. The van der Waals surface area contributed by atoms with Crippen molar-refractivity contribution in [2.45, 2.75) is 33.3 Å². The number of hydrogen-bond acceptors (Lipinski definition) is 2. The normalized spacial score (nSPS) is 14.5. The minimum atomic E-state index is -2.11. The molecule has 0 saturated carbocycles. The van der Waals surface area contributed by atoms with Crippen molar-refractivity contribution in [1.29, 1.82) is 0 Å². The summed E-state index contributed by atoms with van der Waals surface area (Å²) in [5.74, 6) is -0.922. The Labute approximate surface area is 139 Å². The summed E-state index contributed by atoms with van der Waals surface area (Å²) in [6, 6.07) is 19.9. The number of carbonyl (C=O) groups is 1. The van der Waals surface area contributed by atoms with Gasteiger partial charge in [0.25, 0.3) is 0 Å². The van der Waals surface area contributed by atoms with Crippen molar-refractivity contribution in [2.75, 3.05) is 0 Å². The first-order valence-corrected chi connectivity index (χ1v) is 9.39. The minimum Gasteiger partial charge on any atom is -0.479 e. The van der Waals surface area contributed by atoms with Gasteiger partial charge in [0.15, 0.2) is 5.60 Å². The molecule has 0 unspecified atom stereocenters. The fourth-order valence-corrected chi connectivity index (χ4v) is 5.09. The molecule has 0 spiro atoms. The third-order valence-electron chi connectivity index (χ3n) is 4.40. The van der Waals surface area contributed by atoms with Gasteiger partial charge in [0, 0.05) is 5.41 Å². The molecule has 0 bridgehead atoms. The van der Waals surface area contributed by atoms with E-state index < -0.39 is 26.0 Å². The van der Waals surface area contributed by atoms with Crippen molar-refractivity contribution < 1.29 is 14.3 Å². The number of carboxylic acids is 1. The maximum atomic E-state index is 12.0. The fourth-order valence-electron chi connectivity index (χ4n) is 2.37. The second-order valence-corrected chi connectivity index (χ2v) is 9.24. The summed E-state index contributed by atoms with van der Waals surface area (Å²) in [6.07, 6.45) is 0. The summed E-state index contributed by atoms with van der Waals surface area (Å²) in [4.78, 5) is 12.0. The van der Waals surface area contributed by atoms with Gasteiger partial charge in [-0.2, -0.15) is 0 Å². The molecular weight excluding hydrogens is 304 g/mol. The topological polar surface area (TPSA) is 46.5 Å². The van der Waals surface area contributed by atoms with Crippen molar-refractivity contribution in [1.82, 2.24) is 0 Å². The summed E-state index contributed by atoms with van der Waals surface area (Å²) in [5.41, 5.74) is -1.77. The molecule has 2 rings (SSSR count). The van der Waals surface area contributed by atoms with Crippen LogP contribution in [0.5, 0.6) is 0 Å². The van der Waals surface area contributed by atoms with E-state index in [0.717, 1.165) is 10.4 Å². The van der Waals surface area contributed by atoms with Crippen LogP contribution in [0.25, 0.3) is 0 Å². The van der Waals surface area contributed by atoms with Gasteiger partial charge in [-0.15, -0.1) is 0 Å². The van der Waals surface area contributed by atoms with E-state index in [9.17, 15) is 9.90 Å². The largest absolute Gasteiger partial charge is 0.479 e. The zero-order valence-corrected chi connectivity index (χ0v) is 15.3. The lowest BCUT2D eigenvalue weighted by Gasteiger charge is -2.40. The average molecular weight is 328 g/mol. The van der Waals surface area contributed by atoms with Crippen molar-refractivity contribution in [3.8, 4) is 0 Å². The zero-order valence-electron chi connectivity index (χ0n) is 14.1. The van der Waals surface area contributed by atoms with Gasteiger partial charge < -0.3 is 9.53 Å². The SMILES string of the molecule is CC(C)(C)[C@](C)(O[SiH](c1ccccc1)c1ccccc1)C(=O)O. The molecule has 0 aliphatic carbocycles. The number of aliphatic carboxylic acids is 1. The van der Waals surface area contributed by atoms with Crippen LogP contribution in [0.4, 0.5) is 0 Å². The summed E-state index contributed by atoms with van der Waals surface area (Å²) < 4.78 is 6.38. The van der Waals surface area contributed by atoms with Gasteiger partial charge in [0.05, 0.1) is 0 Å². The first-order chi connectivity index (χ1) is 10.8. The van der Waals surface area contributed by atoms with Crippen LogP contribution < -0.4 is 10.4 Å². The smallest absolute Gasteiger partial charge is 0.335 e. The quantitative estimate of drug-likeness (QED) is 0.858. The molecule has 2 aromatic carbocycles. The van der Waals surface area contributed by atoms with Gasteiger partial charge in [-0.05, 0) is 17.3 Å². The minimum absolute atomic E-state index is 0.520. The van der Waals surface area contributed by atoms with E-state index >= 15 is 0 Å². The molecule has 0 radical (unpaired) electrons. The molecule has 122 valence electrons. The third-order valence-corrected chi connectivity index (χ3v) is 7.09. The molecule has 0 aromatic heterocycles. The van der Waals surface area contributed by atoms with E-state index in [0.29, 0.717) is 0 Å². The van der Waals surface area contributed by atoms with Gasteiger partial charge in [0.2, 0.25) is 9.04 Å². The lowest BCUT2D eigenvalue weighted by atomic mass is 9.78. The van der Waals surface area contributed by atoms with Crippen LogP contribution in [-0.4, -0.2) is 25.7 Å². The predicted octanol–water partition coefficient (Wildman–Crippen LogP) is 2.43. The Hall–Kier alpha value is -1.91. The average Bonchev–Trinajstić information content (AvgIpc) is 2.52. The Morgan fingerprint density at radius 2 is 1.26 bits per heavy atom. The van der Waals surface area contributed by atoms with Gasteiger partial charge >= 0.3 is 5.97 Å². The van der Waals surface area contributed by atoms with Gasteiger partial charge in [-0.3, -0.25) is 0 Å². The van der Waals surface area contributed by atoms with E-state index in [1.807, 2.05) is 81.4 Å². The molecule has 3 nitrogen and oxygen atoms in total. The third kappa shape index (κ3) is 3.71. The Kier molecular flexibility index (Phi) is 5.07. The first kappa shape index (κ1) is 17.4. The van der Waals surface area contributed by atoms with Crippen LogP contribution >= 0.6 is 0 Å². The predicted molar refractivity (Wildman–Crippen MR) is 95.9 cm³/mol. The van der Waals surface area contributed by atoms with Crippen LogP contribution in [0.2, 0.25) is 0 Å². The second-order valence-electron chi connectivity index (χ2n) is 6.91. The van der Waals surface area contributed by atoms with E-state index in [-0.39, 0.29) is 0 Å². The number of benzene rings is 2. The summed E-state index contributed by atoms with van der Waals surface area (Å²) in [7, 11) is -2.11. The Bertz CT molecular complexity index is 610. The Balaban J connectivity index is 2.49. The molecule has 1 atom stereocenters. The standard InChI is InChI=1S/C19H24O3Si/c1-18(2,3)19(4,17(20)21)22-23(15-11-7-5-8-12-15)16-13-9-6-10-14-16/h5-14,23H,1-4H3,(H,20,21)/t19-/m1/s1. The maximum Gasteiger partial charge on any atom is 0.335 e. The number of hydrogen-bond donors (Lipinski definition) is 1. The fraction of sp³-hybridized carbons (Fsp3) is 0.316. The van der Waals surface area contributed by atoms with Crippen LogP contribution in [-0.2, 0) is 9.22 Å². The molecule has 4 heteroatoms. The Morgan fingerprint density at radius 1 is 0.870 bits per heavy atom. The summed E-state index contributed by atoms with van der Waals surface area (Å²) in [5, 5.41) is 12.0. The first-order valence-electron chi connectivity index (χ1n) is 7.77. The molecule has 1 N–H and O–H groups in total. The lowest BCUT2D eigenvalue weighted by molar-refractivity contribution is -0.163. The van der Waals surface area contributed by atoms with Crippen molar-refractivity contribution >= 4 is 25.4 Å². The van der Waals surface area contributed by atoms with Crippen LogP contribution in [0.15, 0.2) is 60.7 Å². The van der Waals surface area contributed by atoms with E-state index in [4.69, 9.17) is 4.43 Å². The van der Waals surface area contributed by atoms with E-state index in [1.165, 1.54) is 0 Å². The molecule has 0 aliphatic rings. The summed E-state index contributed by atoms with van der Waals surface area (Å²) in [6.45, 7) is 7.40. The maximum absolute atomic E-state index is 12.0. The molecule has 0 heterocycles. The van der Waals surface area contributed by atoms with E-state index in [1.54, 1.807) is 6.92 Å². The number of rotatable bonds is 5. The summed E-state index contributed by atoms with van der Waals surface area (Å²) >= 11 is 0. The van der Waals surface area contributed by atoms with Gasteiger partial charge in [-0.1, -0.05) is 81.4 Å². The van der Waals surface area contributed by atoms with Crippen molar-refractivity contribution in [3.05, 3.63) is 60.7 Å². The van der Waals surface area contributed by atoms with Crippen LogP contribution in [0, 0.1) is 5.41 Å². The molecule has 0 fully saturated rings. The molecular formula is C19H24O3Si. The number of carboxylic acid groups (broad SMARTS) is 1. The van der Waals surface area contributed by atoms with E-state index in [2.05, 4.69) is 0 Å². The zero-order chi connectivity index (χ0) is 17.1. The highest BCUT2D eigenvalue weighted by Crippen LogP contribution is 2.34. The van der Waals surface area contributed by atoms with Crippen LogP contribution in [0.1, 0.15) is 27.7 Å². The monoisotopic (exact) mass is 328 g/mol. The molecule has 2 aromatic rings. The highest BCUT2D eigenvalue weighted by atomic mass is 28.3. The molecule has 0 amide bonds. The van der Waals surface area contributed by atoms with Crippen molar-refractivity contribution in [2.24, 2.45) is 5.41 Å². The molecule has 0 saturated heterocycles. The van der Waals surface area contributed by atoms with Gasteiger partial charge in [0.1, 0.15) is 0 Å². The lowest BCUT2D eigenvalue weighted by Crippen LogP contribution is -2.58. The van der Waals surface area contributed by atoms with Crippen LogP contribution in [0.3, 0.4) is 0 Å². The Morgan fingerprint density at radius 3 is 1.57 bits per heavy atom. The second kappa shape index (κ2) is 6.68. The van der Waals surface area contributed by atoms with Crippen molar-refractivity contribution in [3.63, 3.8) is 0 Å². The highest BCUT2D eigenvalue weighted by Gasteiger charge is 2.47. The molecule has 0 aliphatic heterocycles. The highest BCUT2D eigenvalue weighted by molar-refractivity contribution is 6.80. The van der Waals surface area contributed by atoms with Gasteiger partial charge in [-0.25, -0.2) is 4.79 Å².